The van der Waals surface area contributed by atoms with Crippen molar-refractivity contribution in [2.75, 3.05) is 32.9 Å². The van der Waals surface area contributed by atoms with Gasteiger partial charge in [-0.25, -0.2) is 4.98 Å². The second-order valence-electron chi connectivity index (χ2n) is 6.75. The van der Waals surface area contributed by atoms with Crippen LogP contribution in [0.3, 0.4) is 0 Å². The van der Waals surface area contributed by atoms with Crippen molar-refractivity contribution in [1.82, 2.24) is 9.88 Å². The molecular formula is C20H25F3N4O. The zero-order valence-corrected chi connectivity index (χ0v) is 16.2. The maximum absolute atomic E-state index is 12.7. The van der Waals surface area contributed by atoms with E-state index in [1.807, 2.05) is 0 Å². The number of nitrogen functional groups attached to an aromatic ring is 1. The predicted octanol–water partition coefficient (Wildman–Crippen LogP) is 4.12. The summed E-state index contributed by atoms with van der Waals surface area (Å²) in [5.74, 6) is -0.307. The molecule has 8 heteroatoms. The fourth-order valence-corrected chi connectivity index (χ4v) is 3.01. The first kappa shape index (κ1) is 21.7. The van der Waals surface area contributed by atoms with E-state index in [1.54, 1.807) is 19.2 Å². The van der Waals surface area contributed by atoms with Crippen LogP contribution >= 0.6 is 0 Å². The Balaban J connectivity index is 0.000000397. The number of phenols is 1. The second kappa shape index (κ2) is 9.05. The Labute approximate surface area is 162 Å². The molecule has 2 heterocycles. The number of aromatic hydroxyl groups is 1. The van der Waals surface area contributed by atoms with E-state index in [0.29, 0.717) is 17.3 Å². The normalized spacial score (nSPS) is 14.9. The maximum Gasteiger partial charge on any atom is 0.416 e. The van der Waals surface area contributed by atoms with Crippen LogP contribution in [0.25, 0.3) is 11.3 Å². The highest BCUT2D eigenvalue weighted by molar-refractivity contribution is 5.86. The number of benzene rings is 1. The van der Waals surface area contributed by atoms with Crippen molar-refractivity contribution in [1.29, 1.82) is 0 Å². The molecule has 1 saturated heterocycles. The van der Waals surface area contributed by atoms with E-state index in [-0.39, 0.29) is 16.9 Å². The van der Waals surface area contributed by atoms with E-state index >= 15 is 0 Å². The number of pyridine rings is 1. The van der Waals surface area contributed by atoms with Crippen molar-refractivity contribution in [2.45, 2.75) is 25.9 Å². The number of alkyl halides is 3. The minimum atomic E-state index is -4.52. The molecule has 1 aromatic carbocycles. The summed E-state index contributed by atoms with van der Waals surface area (Å²) in [4.78, 5) is 10.3. The van der Waals surface area contributed by atoms with Gasteiger partial charge in [0.15, 0.2) is 0 Å². The largest absolute Gasteiger partial charge is 0.507 e. The van der Waals surface area contributed by atoms with Gasteiger partial charge in [-0.05, 0) is 69.7 Å². The molecule has 1 fully saturated rings. The Morgan fingerprint density at radius 3 is 2.29 bits per heavy atom. The summed E-state index contributed by atoms with van der Waals surface area (Å²) in [6.07, 6.45) is -0.173. The number of hydrogen-bond acceptors (Lipinski definition) is 5. The van der Waals surface area contributed by atoms with Gasteiger partial charge in [0.1, 0.15) is 11.6 Å². The van der Waals surface area contributed by atoms with E-state index in [0.717, 1.165) is 6.07 Å². The smallest absolute Gasteiger partial charge is 0.416 e. The van der Waals surface area contributed by atoms with Gasteiger partial charge in [0.25, 0.3) is 0 Å². The van der Waals surface area contributed by atoms with Crippen LogP contribution in [0.1, 0.15) is 29.5 Å². The number of halogens is 3. The fourth-order valence-electron chi connectivity index (χ4n) is 3.01. The van der Waals surface area contributed by atoms with E-state index in [9.17, 15) is 18.3 Å². The molecule has 0 unspecified atom stereocenters. The van der Waals surface area contributed by atoms with E-state index in [4.69, 9.17) is 5.73 Å². The summed E-state index contributed by atoms with van der Waals surface area (Å²) in [6, 6.07) is 4.86. The van der Waals surface area contributed by atoms with Crippen molar-refractivity contribution in [3.8, 4) is 17.0 Å². The van der Waals surface area contributed by atoms with Crippen molar-refractivity contribution in [3.05, 3.63) is 41.0 Å². The van der Waals surface area contributed by atoms with Gasteiger partial charge in [-0.2, -0.15) is 13.2 Å². The summed E-state index contributed by atoms with van der Waals surface area (Å²) < 4.78 is 38.2. The van der Waals surface area contributed by atoms with Crippen LogP contribution in [0, 0.1) is 6.92 Å². The van der Waals surface area contributed by atoms with Crippen LogP contribution < -0.4 is 5.73 Å². The molecule has 0 aliphatic carbocycles. The minimum absolute atomic E-state index is 0.182. The highest BCUT2D eigenvalue weighted by atomic mass is 19.4. The molecular weight excluding hydrogens is 369 g/mol. The molecule has 2 aromatic rings. The highest BCUT2D eigenvalue weighted by Crippen LogP contribution is 2.38. The molecule has 152 valence electrons. The van der Waals surface area contributed by atoms with Crippen LogP contribution in [0.15, 0.2) is 29.3 Å². The maximum atomic E-state index is 12.7. The molecule has 1 aliphatic rings. The lowest BCUT2D eigenvalue weighted by Gasteiger charge is -2.13. The topological polar surface area (TPSA) is 74.7 Å². The third kappa shape index (κ3) is 5.45. The number of likely N-dealkylation sites (tertiary alicyclic amines) is 1. The van der Waals surface area contributed by atoms with E-state index in [1.165, 1.54) is 39.1 Å². The minimum Gasteiger partial charge on any atom is -0.507 e. The molecule has 0 radical (unpaired) electrons. The second-order valence-corrected chi connectivity index (χ2v) is 6.75. The van der Waals surface area contributed by atoms with Gasteiger partial charge in [0, 0.05) is 24.4 Å². The third-order valence-corrected chi connectivity index (χ3v) is 4.45. The Hall–Kier alpha value is -2.61. The summed E-state index contributed by atoms with van der Waals surface area (Å²) in [5.41, 5.74) is 6.25. The highest BCUT2D eigenvalue weighted by Gasteiger charge is 2.32. The number of aromatic nitrogens is 1. The van der Waals surface area contributed by atoms with Gasteiger partial charge < -0.3 is 15.7 Å². The number of aliphatic imine (C=N–C) groups is 1. The van der Waals surface area contributed by atoms with Crippen molar-refractivity contribution in [2.24, 2.45) is 4.99 Å². The van der Waals surface area contributed by atoms with E-state index < -0.39 is 17.5 Å². The molecule has 0 spiro atoms. The fraction of sp³-hybridized carbons (Fsp3) is 0.400. The number of hydrogen-bond donors (Lipinski definition) is 2. The lowest BCUT2D eigenvalue weighted by atomic mass is 10.00. The van der Waals surface area contributed by atoms with Crippen molar-refractivity contribution < 1.29 is 18.3 Å². The zero-order valence-electron chi connectivity index (χ0n) is 16.2. The molecule has 0 bridgehead atoms. The Bertz CT molecular complexity index is 821. The number of phenolic OH excluding ortho intramolecular Hbond substituents is 1. The first-order valence-electron chi connectivity index (χ1n) is 8.92. The first-order chi connectivity index (χ1) is 13.1. The number of rotatable bonds is 2. The van der Waals surface area contributed by atoms with Gasteiger partial charge in [0.2, 0.25) is 0 Å². The van der Waals surface area contributed by atoms with Gasteiger partial charge in [-0.15, -0.1) is 0 Å². The molecule has 3 rings (SSSR count). The molecule has 1 aliphatic heterocycles. The molecule has 0 atom stereocenters. The number of nitrogens with two attached hydrogens (primary N) is 1. The molecule has 5 nitrogen and oxygen atoms in total. The van der Waals surface area contributed by atoms with Crippen molar-refractivity contribution >= 4 is 12.0 Å². The van der Waals surface area contributed by atoms with Gasteiger partial charge in [-0.1, -0.05) is 0 Å². The molecule has 0 amide bonds. The third-order valence-electron chi connectivity index (χ3n) is 4.45. The van der Waals surface area contributed by atoms with Crippen LogP contribution in [-0.4, -0.2) is 48.4 Å². The van der Waals surface area contributed by atoms with Crippen LogP contribution in [0.4, 0.5) is 19.0 Å². The lowest BCUT2D eigenvalue weighted by molar-refractivity contribution is -0.137. The average Bonchev–Trinajstić information content (AvgIpc) is 3.07. The summed E-state index contributed by atoms with van der Waals surface area (Å²) >= 11 is 0. The SMILES string of the molecule is CN1CCCC1.CN=Cc1ccc(-c2c(C)cc(C(F)(F)F)cc2O)nc1N. The summed E-state index contributed by atoms with van der Waals surface area (Å²) in [5, 5.41) is 9.95. The number of aryl methyl sites for hydroxylation is 1. The average molecular weight is 394 g/mol. The molecule has 0 saturated carbocycles. The Morgan fingerprint density at radius 1 is 1.21 bits per heavy atom. The first-order valence-corrected chi connectivity index (χ1v) is 8.92. The zero-order chi connectivity index (χ0) is 20.9. The Morgan fingerprint density at radius 2 is 1.86 bits per heavy atom. The van der Waals surface area contributed by atoms with Crippen LogP contribution in [0.2, 0.25) is 0 Å². The van der Waals surface area contributed by atoms with Gasteiger partial charge >= 0.3 is 6.18 Å². The predicted molar refractivity (Wildman–Crippen MR) is 106 cm³/mol. The number of nitrogens with zero attached hydrogens (tertiary/aromatic N) is 3. The van der Waals surface area contributed by atoms with Crippen molar-refractivity contribution in [3.63, 3.8) is 0 Å². The van der Waals surface area contributed by atoms with E-state index in [2.05, 4.69) is 21.9 Å². The molecule has 28 heavy (non-hydrogen) atoms. The molecule has 3 N–H and O–H groups in total. The summed E-state index contributed by atoms with van der Waals surface area (Å²) in [6.45, 7) is 4.11. The van der Waals surface area contributed by atoms with Gasteiger partial charge in [-0.3, -0.25) is 4.99 Å². The van der Waals surface area contributed by atoms with Crippen LogP contribution in [0.5, 0.6) is 5.75 Å². The summed E-state index contributed by atoms with van der Waals surface area (Å²) in [7, 11) is 3.76. The molecule has 1 aromatic heterocycles. The Kier molecular flexibility index (Phi) is 7.01. The quantitative estimate of drug-likeness (QED) is 0.752. The lowest BCUT2D eigenvalue weighted by Crippen LogP contribution is -2.10. The standard InChI is InChI=1S/C15H14F3N3O.C5H11N/c1-8-5-10(15(16,17)18)6-12(22)13(8)11-4-3-9(7-20-2)14(19)21-11;1-6-4-2-3-5-6/h3-7,22H,1-2H3,(H2,19,21);2-5H2,1H3. The number of anilines is 1. The van der Waals surface area contributed by atoms with Crippen LogP contribution in [-0.2, 0) is 6.18 Å². The monoisotopic (exact) mass is 394 g/mol. The van der Waals surface area contributed by atoms with Gasteiger partial charge in [0.05, 0.1) is 11.3 Å².